The third-order valence-corrected chi connectivity index (χ3v) is 4.25. The molecule has 1 saturated heterocycles. The minimum atomic E-state index is -0.0143. The van der Waals surface area contributed by atoms with Gasteiger partial charge in [-0.05, 0) is 0 Å². The Kier molecular flexibility index (Phi) is 4.07. The van der Waals surface area contributed by atoms with Crippen LogP contribution < -0.4 is 0 Å². The topological polar surface area (TPSA) is 49.2 Å². The fraction of sp³-hybridized carbons (Fsp3) is 0.333. The number of hydrogen-bond acceptors (Lipinski definition) is 5. The van der Waals surface area contributed by atoms with Gasteiger partial charge in [-0.25, -0.2) is 4.98 Å². The monoisotopic (exact) mass is 285 g/mol. The minimum Gasteiger partial charge on any atom is -0.368 e. The summed E-state index contributed by atoms with van der Waals surface area (Å²) < 4.78 is 5.79. The van der Waals surface area contributed by atoms with Crippen molar-refractivity contribution in [1.82, 2.24) is 9.88 Å². The average molecular weight is 285 g/mol. The number of nitrogens with zero attached hydrogens (tertiary/aromatic N) is 3. The maximum absolute atomic E-state index is 8.78. The van der Waals surface area contributed by atoms with Gasteiger partial charge in [0.2, 0.25) is 0 Å². The SMILES string of the molecule is N#CCN1CCOC(c2nc(-c3ccccc3)cs2)C1. The van der Waals surface area contributed by atoms with Crippen LogP contribution in [-0.2, 0) is 4.74 Å². The molecule has 1 aromatic carbocycles. The largest absolute Gasteiger partial charge is 0.368 e. The summed E-state index contributed by atoms with van der Waals surface area (Å²) in [6.45, 7) is 2.68. The van der Waals surface area contributed by atoms with Crippen LogP contribution in [0, 0.1) is 11.3 Å². The minimum absolute atomic E-state index is 0.0143. The first-order valence-corrected chi connectivity index (χ1v) is 7.46. The third kappa shape index (κ3) is 2.88. The number of rotatable bonds is 3. The maximum atomic E-state index is 8.78. The number of ether oxygens (including phenoxy) is 1. The van der Waals surface area contributed by atoms with Crippen molar-refractivity contribution in [2.24, 2.45) is 0 Å². The van der Waals surface area contributed by atoms with Crippen molar-refractivity contribution in [3.63, 3.8) is 0 Å². The molecule has 1 aliphatic rings. The summed E-state index contributed by atoms with van der Waals surface area (Å²) in [7, 11) is 0. The van der Waals surface area contributed by atoms with Crippen LogP contribution in [0.1, 0.15) is 11.1 Å². The van der Waals surface area contributed by atoms with E-state index in [-0.39, 0.29) is 6.10 Å². The lowest BCUT2D eigenvalue weighted by Gasteiger charge is -2.29. The summed E-state index contributed by atoms with van der Waals surface area (Å²) in [6.07, 6.45) is -0.0143. The molecule has 5 heteroatoms. The molecule has 2 heterocycles. The molecule has 102 valence electrons. The zero-order valence-electron chi connectivity index (χ0n) is 11.0. The number of aromatic nitrogens is 1. The summed E-state index contributed by atoms with van der Waals surface area (Å²) in [6, 6.07) is 12.3. The second kappa shape index (κ2) is 6.14. The second-order valence-corrected chi connectivity index (χ2v) is 5.58. The molecule has 1 unspecified atom stereocenters. The van der Waals surface area contributed by atoms with E-state index in [4.69, 9.17) is 10.00 Å². The highest BCUT2D eigenvalue weighted by Crippen LogP contribution is 2.29. The van der Waals surface area contributed by atoms with E-state index in [0.29, 0.717) is 13.2 Å². The van der Waals surface area contributed by atoms with E-state index in [1.165, 1.54) is 0 Å². The Morgan fingerprint density at radius 3 is 3.05 bits per heavy atom. The highest BCUT2D eigenvalue weighted by atomic mass is 32.1. The first-order valence-electron chi connectivity index (χ1n) is 6.58. The van der Waals surface area contributed by atoms with Crippen LogP contribution in [0.15, 0.2) is 35.7 Å². The number of hydrogen-bond donors (Lipinski definition) is 0. The molecule has 1 aromatic heterocycles. The highest BCUT2D eigenvalue weighted by molar-refractivity contribution is 7.10. The van der Waals surface area contributed by atoms with E-state index in [1.807, 2.05) is 18.2 Å². The van der Waals surface area contributed by atoms with E-state index < -0.39 is 0 Å². The molecule has 0 radical (unpaired) electrons. The summed E-state index contributed by atoms with van der Waals surface area (Å²) >= 11 is 1.63. The van der Waals surface area contributed by atoms with Crippen molar-refractivity contribution in [2.75, 3.05) is 26.2 Å². The maximum Gasteiger partial charge on any atom is 0.124 e. The Labute approximate surface area is 122 Å². The number of nitriles is 1. The number of benzene rings is 1. The molecule has 0 saturated carbocycles. The van der Waals surface area contributed by atoms with Crippen LogP contribution in [0.4, 0.5) is 0 Å². The molecule has 4 nitrogen and oxygen atoms in total. The molecule has 0 amide bonds. The van der Waals surface area contributed by atoms with Crippen molar-refractivity contribution in [3.8, 4) is 17.3 Å². The zero-order valence-corrected chi connectivity index (χ0v) is 11.8. The Hall–Kier alpha value is -1.74. The fourth-order valence-corrected chi connectivity index (χ4v) is 3.14. The lowest BCUT2D eigenvalue weighted by atomic mass is 10.2. The van der Waals surface area contributed by atoms with Crippen LogP contribution in [0.3, 0.4) is 0 Å². The zero-order chi connectivity index (χ0) is 13.8. The Morgan fingerprint density at radius 1 is 1.40 bits per heavy atom. The summed E-state index contributed by atoms with van der Waals surface area (Å²) in [5, 5.41) is 11.8. The van der Waals surface area contributed by atoms with Crippen LogP contribution in [0.25, 0.3) is 11.3 Å². The number of thiazole rings is 1. The fourth-order valence-electron chi connectivity index (χ4n) is 2.27. The summed E-state index contributed by atoms with van der Waals surface area (Å²) in [5.74, 6) is 0. The van der Waals surface area contributed by atoms with Crippen LogP contribution in [0.2, 0.25) is 0 Å². The normalized spacial score (nSPS) is 19.6. The lowest BCUT2D eigenvalue weighted by molar-refractivity contribution is -0.0255. The first kappa shape index (κ1) is 13.3. The van der Waals surface area contributed by atoms with E-state index in [9.17, 15) is 0 Å². The molecule has 0 spiro atoms. The molecular weight excluding hydrogens is 270 g/mol. The Balaban J connectivity index is 1.75. The second-order valence-electron chi connectivity index (χ2n) is 4.69. The summed E-state index contributed by atoms with van der Waals surface area (Å²) in [4.78, 5) is 6.79. The predicted octanol–water partition coefficient (Wildman–Crippen LogP) is 2.71. The molecule has 2 aromatic rings. The van der Waals surface area contributed by atoms with Crippen molar-refractivity contribution in [3.05, 3.63) is 40.7 Å². The van der Waals surface area contributed by atoms with Gasteiger partial charge in [-0.15, -0.1) is 11.3 Å². The third-order valence-electron chi connectivity index (χ3n) is 3.31. The van der Waals surface area contributed by atoms with Gasteiger partial charge in [0.25, 0.3) is 0 Å². The molecule has 0 aliphatic carbocycles. The molecule has 0 bridgehead atoms. The van der Waals surface area contributed by atoms with Gasteiger partial charge in [0.05, 0.1) is 24.9 Å². The molecule has 1 atom stereocenters. The molecule has 1 aliphatic heterocycles. The van der Waals surface area contributed by atoms with Gasteiger partial charge in [-0.1, -0.05) is 30.3 Å². The highest BCUT2D eigenvalue weighted by Gasteiger charge is 2.24. The lowest BCUT2D eigenvalue weighted by Crippen LogP contribution is -2.38. The smallest absolute Gasteiger partial charge is 0.124 e. The molecular formula is C15H15N3OS. The van der Waals surface area contributed by atoms with Crippen LogP contribution >= 0.6 is 11.3 Å². The van der Waals surface area contributed by atoms with Crippen molar-refractivity contribution in [2.45, 2.75) is 6.10 Å². The van der Waals surface area contributed by atoms with Crippen molar-refractivity contribution < 1.29 is 4.74 Å². The average Bonchev–Trinajstić information content (AvgIpc) is 2.99. The van der Waals surface area contributed by atoms with Crippen molar-refractivity contribution >= 4 is 11.3 Å². The van der Waals surface area contributed by atoms with E-state index in [0.717, 1.165) is 29.4 Å². The van der Waals surface area contributed by atoms with Gasteiger partial charge in [-0.3, -0.25) is 4.90 Å². The van der Waals surface area contributed by atoms with Gasteiger partial charge in [0.1, 0.15) is 11.1 Å². The Bertz CT molecular complexity index is 605. The quantitative estimate of drug-likeness (QED) is 0.814. The van der Waals surface area contributed by atoms with Gasteiger partial charge in [0.15, 0.2) is 0 Å². The molecule has 1 fully saturated rings. The first-order chi connectivity index (χ1) is 9.86. The standard InChI is InChI=1S/C15H15N3OS/c16-6-7-18-8-9-19-14(10-18)15-17-13(11-20-15)12-4-2-1-3-5-12/h1-5,11,14H,7-10H2. The van der Waals surface area contributed by atoms with Gasteiger partial charge in [0, 0.05) is 24.0 Å². The molecule has 0 N–H and O–H groups in total. The molecule has 3 rings (SSSR count). The van der Waals surface area contributed by atoms with Crippen LogP contribution in [0.5, 0.6) is 0 Å². The van der Waals surface area contributed by atoms with E-state index >= 15 is 0 Å². The Morgan fingerprint density at radius 2 is 2.25 bits per heavy atom. The van der Waals surface area contributed by atoms with Crippen molar-refractivity contribution in [1.29, 1.82) is 5.26 Å². The van der Waals surface area contributed by atoms with E-state index in [1.54, 1.807) is 11.3 Å². The van der Waals surface area contributed by atoms with Gasteiger partial charge in [-0.2, -0.15) is 5.26 Å². The number of morpholine rings is 1. The molecule has 20 heavy (non-hydrogen) atoms. The van der Waals surface area contributed by atoms with Gasteiger partial charge >= 0.3 is 0 Å². The van der Waals surface area contributed by atoms with Crippen LogP contribution in [-0.4, -0.2) is 36.1 Å². The summed E-state index contributed by atoms with van der Waals surface area (Å²) in [5.41, 5.74) is 2.12. The predicted molar refractivity (Wildman–Crippen MR) is 78.3 cm³/mol. The van der Waals surface area contributed by atoms with Gasteiger partial charge < -0.3 is 4.74 Å². The van der Waals surface area contributed by atoms with E-state index in [2.05, 4.69) is 33.5 Å².